The molecular weight excluding hydrogens is 224 g/mol. The Hall–Kier alpha value is -0.580. The Kier molecular flexibility index (Phi) is 5.25. The van der Waals surface area contributed by atoms with Crippen LogP contribution in [0.1, 0.15) is 18.4 Å². The quantitative estimate of drug-likeness (QED) is 0.862. The first-order chi connectivity index (χ1) is 7.25. The smallest absolute Gasteiger partial charge is 0.0534 e. The van der Waals surface area contributed by atoms with E-state index in [9.17, 15) is 0 Å². The summed E-state index contributed by atoms with van der Waals surface area (Å²) in [6.45, 7) is 3.32. The highest BCUT2D eigenvalue weighted by atomic mass is 35.5. The molecule has 1 aliphatic heterocycles. The minimum Gasteiger partial charge on any atom is -0.317 e. The summed E-state index contributed by atoms with van der Waals surface area (Å²) in [4.78, 5) is 2.44. The van der Waals surface area contributed by atoms with Gasteiger partial charge in [0.1, 0.15) is 0 Å². The van der Waals surface area contributed by atoms with Crippen molar-refractivity contribution in [3.05, 3.63) is 18.0 Å². The van der Waals surface area contributed by atoms with Crippen molar-refractivity contribution in [3.63, 3.8) is 0 Å². The molecule has 92 valence electrons. The Bertz CT molecular complexity index is 307. The van der Waals surface area contributed by atoms with Gasteiger partial charge in [0, 0.05) is 31.4 Å². The number of nitrogens with zero attached hydrogens (tertiary/aromatic N) is 3. The Morgan fingerprint density at radius 3 is 2.75 bits per heavy atom. The van der Waals surface area contributed by atoms with Gasteiger partial charge in [-0.1, -0.05) is 0 Å². The first kappa shape index (κ1) is 13.5. The van der Waals surface area contributed by atoms with Gasteiger partial charge in [-0.25, -0.2) is 0 Å². The fourth-order valence-corrected chi connectivity index (χ4v) is 2.22. The average Bonchev–Trinajstić information content (AvgIpc) is 2.65. The highest BCUT2D eigenvalue weighted by molar-refractivity contribution is 5.85. The van der Waals surface area contributed by atoms with Crippen molar-refractivity contribution in [1.82, 2.24) is 20.0 Å². The van der Waals surface area contributed by atoms with Crippen molar-refractivity contribution in [2.75, 3.05) is 20.1 Å². The largest absolute Gasteiger partial charge is 0.317 e. The molecule has 0 aromatic carbocycles. The van der Waals surface area contributed by atoms with Crippen molar-refractivity contribution in [1.29, 1.82) is 0 Å². The summed E-state index contributed by atoms with van der Waals surface area (Å²) >= 11 is 0. The third-order valence-electron chi connectivity index (χ3n) is 3.12. The summed E-state index contributed by atoms with van der Waals surface area (Å²) in [5, 5.41) is 7.59. The van der Waals surface area contributed by atoms with E-state index in [-0.39, 0.29) is 12.4 Å². The number of rotatable bonds is 3. The van der Waals surface area contributed by atoms with Crippen LogP contribution in [-0.2, 0) is 13.6 Å². The van der Waals surface area contributed by atoms with Gasteiger partial charge >= 0.3 is 0 Å². The van der Waals surface area contributed by atoms with Crippen molar-refractivity contribution in [2.45, 2.75) is 25.4 Å². The summed E-state index contributed by atoms with van der Waals surface area (Å²) in [7, 11) is 4.18. The summed E-state index contributed by atoms with van der Waals surface area (Å²) in [6.07, 6.45) is 6.57. The van der Waals surface area contributed by atoms with Gasteiger partial charge in [0.05, 0.1) is 6.20 Å². The van der Waals surface area contributed by atoms with Crippen molar-refractivity contribution >= 4 is 12.4 Å². The molecule has 1 saturated heterocycles. The minimum absolute atomic E-state index is 0. The van der Waals surface area contributed by atoms with Crippen molar-refractivity contribution in [3.8, 4) is 0 Å². The average molecular weight is 245 g/mol. The molecule has 4 nitrogen and oxygen atoms in total. The van der Waals surface area contributed by atoms with E-state index >= 15 is 0 Å². The molecule has 0 amide bonds. The number of aromatic nitrogens is 2. The van der Waals surface area contributed by atoms with Gasteiger partial charge in [-0.05, 0) is 33.0 Å². The Morgan fingerprint density at radius 2 is 2.19 bits per heavy atom. The van der Waals surface area contributed by atoms with Crippen LogP contribution >= 0.6 is 12.4 Å². The number of aryl methyl sites for hydroxylation is 1. The molecule has 1 fully saturated rings. The van der Waals surface area contributed by atoms with Gasteiger partial charge < -0.3 is 5.32 Å². The van der Waals surface area contributed by atoms with Crippen LogP contribution in [0.5, 0.6) is 0 Å². The molecule has 1 N–H and O–H groups in total. The normalized spacial score (nSPS) is 17.4. The van der Waals surface area contributed by atoms with Crippen LogP contribution in [0, 0.1) is 0 Å². The van der Waals surface area contributed by atoms with Crippen LogP contribution < -0.4 is 5.32 Å². The number of nitrogens with one attached hydrogen (secondary N) is 1. The molecule has 0 spiro atoms. The summed E-state index contributed by atoms with van der Waals surface area (Å²) in [5.74, 6) is 0. The zero-order valence-corrected chi connectivity index (χ0v) is 10.8. The van der Waals surface area contributed by atoms with E-state index in [2.05, 4.69) is 28.6 Å². The topological polar surface area (TPSA) is 33.1 Å². The molecule has 0 atom stereocenters. The maximum absolute atomic E-state index is 4.19. The lowest BCUT2D eigenvalue weighted by molar-refractivity contribution is 0.192. The molecule has 0 radical (unpaired) electrons. The monoisotopic (exact) mass is 244 g/mol. The van der Waals surface area contributed by atoms with Crippen LogP contribution in [0.25, 0.3) is 0 Å². The van der Waals surface area contributed by atoms with Crippen molar-refractivity contribution in [2.24, 2.45) is 7.05 Å². The second kappa shape index (κ2) is 6.23. The third kappa shape index (κ3) is 3.47. The third-order valence-corrected chi connectivity index (χ3v) is 3.12. The van der Waals surface area contributed by atoms with Gasteiger partial charge in [-0.3, -0.25) is 9.58 Å². The van der Waals surface area contributed by atoms with Gasteiger partial charge in [0.15, 0.2) is 0 Å². The maximum atomic E-state index is 4.19. The van der Waals surface area contributed by atoms with Crippen LogP contribution in [0.15, 0.2) is 12.4 Å². The summed E-state index contributed by atoms with van der Waals surface area (Å²) < 4.78 is 1.87. The lowest BCUT2D eigenvalue weighted by Crippen LogP contribution is -2.40. The van der Waals surface area contributed by atoms with E-state index in [1.54, 1.807) is 0 Å². The molecular formula is C11H21ClN4. The SMILES string of the molecule is CN(Cc1cnn(C)c1)C1CCNCC1.Cl. The van der Waals surface area contributed by atoms with Gasteiger partial charge in [-0.2, -0.15) is 5.10 Å². The predicted octanol–water partition coefficient (Wildman–Crippen LogP) is 1.03. The Balaban J connectivity index is 0.00000128. The fraction of sp³-hybridized carbons (Fsp3) is 0.727. The second-order valence-corrected chi connectivity index (χ2v) is 4.42. The van der Waals surface area contributed by atoms with E-state index < -0.39 is 0 Å². The number of hydrogen-bond donors (Lipinski definition) is 1. The standard InChI is InChI=1S/C11H20N4.ClH/c1-14(11-3-5-12-6-4-11)8-10-7-13-15(2)9-10;/h7,9,11-12H,3-6,8H2,1-2H3;1H. The molecule has 1 aromatic heterocycles. The highest BCUT2D eigenvalue weighted by Crippen LogP contribution is 2.12. The first-order valence-corrected chi connectivity index (χ1v) is 5.64. The van der Waals surface area contributed by atoms with Crippen LogP contribution in [0.3, 0.4) is 0 Å². The molecule has 0 aliphatic carbocycles. The zero-order chi connectivity index (χ0) is 10.7. The summed E-state index contributed by atoms with van der Waals surface area (Å²) in [6, 6.07) is 0.728. The Morgan fingerprint density at radius 1 is 1.50 bits per heavy atom. The van der Waals surface area contributed by atoms with Gasteiger partial charge in [0.25, 0.3) is 0 Å². The van der Waals surface area contributed by atoms with Crippen LogP contribution in [0.2, 0.25) is 0 Å². The lowest BCUT2D eigenvalue weighted by Gasteiger charge is -2.31. The molecule has 2 rings (SSSR count). The number of piperidine rings is 1. The van der Waals surface area contributed by atoms with Crippen LogP contribution in [0.4, 0.5) is 0 Å². The van der Waals surface area contributed by atoms with Gasteiger partial charge in [0.2, 0.25) is 0 Å². The molecule has 1 aliphatic rings. The van der Waals surface area contributed by atoms with E-state index in [1.807, 2.05) is 17.9 Å². The number of hydrogen-bond acceptors (Lipinski definition) is 3. The number of halogens is 1. The van der Waals surface area contributed by atoms with Gasteiger partial charge in [-0.15, -0.1) is 12.4 Å². The molecule has 16 heavy (non-hydrogen) atoms. The molecule has 0 unspecified atom stereocenters. The Labute approximate surface area is 103 Å². The van der Waals surface area contributed by atoms with E-state index in [0.717, 1.165) is 25.7 Å². The van der Waals surface area contributed by atoms with Crippen molar-refractivity contribution < 1.29 is 0 Å². The predicted molar refractivity (Wildman–Crippen MR) is 67.8 cm³/mol. The van der Waals surface area contributed by atoms with Crippen LogP contribution in [-0.4, -0.2) is 40.9 Å². The first-order valence-electron chi connectivity index (χ1n) is 5.64. The summed E-state index contributed by atoms with van der Waals surface area (Å²) in [5.41, 5.74) is 1.30. The van der Waals surface area contributed by atoms with E-state index in [4.69, 9.17) is 0 Å². The molecule has 0 bridgehead atoms. The molecule has 1 aromatic rings. The molecule has 5 heteroatoms. The van der Waals surface area contributed by atoms with E-state index in [0.29, 0.717) is 0 Å². The zero-order valence-electron chi connectivity index (χ0n) is 10.0. The highest BCUT2D eigenvalue weighted by Gasteiger charge is 2.17. The lowest BCUT2D eigenvalue weighted by atomic mass is 10.1. The fourth-order valence-electron chi connectivity index (χ4n) is 2.22. The maximum Gasteiger partial charge on any atom is 0.0534 e. The molecule has 0 saturated carbocycles. The van der Waals surface area contributed by atoms with E-state index in [1.165, 1.54) is 18.4 Å². The second-order valence-electron chi connectivity index (χ2n) is 4.42. The molecule has 2 heterocycles. The minimum atomic E-state index is 0.